The van der Waals surface area contributed by atoms with Gasteiger partial charge in [0, 0.05) is 6.61 Å². The summed E-state index contributed by atoms with van der Waals surface area (Å²) in [6, 6.07) is 0. The summed E-state index contributed by atoms with van der Waals surface area (Å²) in [6.45, 7) is 4.10. The van der Waals surface area contributed by atoms with Crippen LogP contribution in [0.4, 0.5) is 0 Å². The minimum absolute atomic E-state index is 0.171. The van der Waals surface area contributed by atoms with Gasteiger partial charge < -0.3 is 15.6 Å². The van der Waals surface area contributed by atoms with E-state index >= 15 is 0 Å². The fraction of sp³-hybridized carbons (Fsp3) is 1.00. The molecule has 1 rings (SSSR count). The second-order valence-electron chi connectivity index (χ2n) is 5.90. The molecule has 1 fully saturated rings. The van der Waals surface area contributed by atoms with Crippen molar-refractivity contribution in [3.8, 4) is 0 Å². The van der Waals surface area contributed by atoms with E-state index in [0.717, 1.165) is 25.9 Å². The van der Waals surface area contributed by atoms with E-state index in [4.69, 9.17) is 10.5 Å². The zero-order chi connectivity index (χ0) is 13.3. The van der Waals surface area contributed by atoms with Gasteiger partial charge in [-0.1, -0.05) is 39.0 Å². The van der Waals surface area contributed by atoms with E-state index in [9.17, 15) is 5.11 Å². The smallest absolute Gasteiger partial charge is 0.0779 e. The molecule has 0 aromatic carbocycles. The maximum atomic E-state index is 10.1. The van der Waals surface area contributed by atoms with Gasteiger partial charge in [-0.15, -0.1) is 0 Å². The van der Waals surface area contributed by atoms with Crippen molar-refractivity contribution < 1.29 is 9.84 Å². The van der Waals surface area contributed by atoms with Crippen molar-refractivity contribution in [1.29, 1.82) is 0 Å². The van der Waals surface area contributed by atoms with Gasteiger partial charge in [0.25, 0.3) is 0 Å². The fourth-order valence-electron chi connectivity index (χ4n) is 2.99. The van der Waals surface area contributed by atoms with Crippen molar-refractivity contribution in [1.82, 2.24) is 0 Å². The molecule has 0 aromatic heterocycles. The maximum absolute atomic E-state index is 10.1. The number of nitrogens with two attached hydrogens (primary N) is 1. The van der Waals surface area contributed by atoms with Gasteiger partial charge in [0.05, 0.1) is 12.7 Å². The highest BCUT2D eigenvalue weighted by Gasteiger charge is 2.31. The second kappa shape index (κ2) is 8.89. The van der Waals surface area contributed by atoms with Crippen molar-refractivity contribution in [2.24, 2.45) is 11.1 Å². The molecule has 0 heterocycles. The molecule has 1 unspecified atom stereocenters. The van der Waals surface area contributed by atoms with Gasteiger partial charge in [-0.3, -0.25) is 0 Å². The molecule has 0 aliphatic heterocycles. The van der Waals surface area contributed by atoms with Gasteiger partial charge in [-0.25, -0.2) is 0 Å². The Morgan fingerprint density at radius 2 is 1.89 bits per heavy atom. The van der Waals surface area contributed by atoms with Crippen LogP contribution in [0, 0.1) is 5.41 Å². The van der Waals surface area contributed by atoms with Gasteiger partial charge in [-0.05, 0) is 37.6 Å². The third kappa shape index (κ3) is 5.68. The molecule has 0 spiro atoms. The second-order valence-corrected chi connectivity index (χ2v) is 5.90. The Bertz CT molecular complexity index is 201. The summed E-state index contributed by atoms with van der Waals surface area (Å²) in [4.78, 5) is 0. The van der Waals surface area contributed by atoms with Crippen LogP contribution in [-0.4, -0.2) is 31.0 Å². The third-order valence-electron chi connectivity index (χ3n) is 4.22. The summed E-state index contributed by atoms with van der Waals surface area (Å²) in [5.41, 5.74) is 6.15. The SMILES string of the molecule is CCCCOCC(O)CC1(CN)CCCCCC1. The Kier molecular flexibility index (Phi) is 7.87. The van der Waals surface area contributed by atoms with E-state index in [1.807, 2.05) is 0 Å². The summed E-state index contributed by atoms with van der Waals surface area (Å²) in [5, 5.41) is 10.1. The van der Waals surface area contributed by atoms with Crippen molar-refractivity contribution in [2.75, 3.05) is 19.8 Å². The molecule has 1 aliphatic carbocycles. The number of unbranched alkanes of at least 4 members (excludes halogenated alkanes) is 1. The van der Waals surface area contributed by atoms with Crippen LogP contribution in [0.5, 0.6) is 0 Å². The minimum Gasteiger partial charge on any atom is -0.391 e. The summed E-state index contributed by atoms with van der Waals surface area (Å²) >= 11 is 0. The van der Waals surface area contributed by atoms with E-state index in [0.29, 0.717) is 13.2 Å². The van der Waals surface area contributed by atoms with Crippen LogP contribution in [0.1, 0.15) is 64.7 Å². The van der Waals surface area contributed by atoms with Gasteiger partial charge in [0.2, 0.25) is 0 Å². The monoisotopic (exact) mass is 257 g/mol. The highest BCUT2D eigenvalue weighted by Crippen LogP contribution is 2.38. The zero-order valence-corrected chi connectivity index (χ0v) is 12.0. The quantitative estimate of drug-likeness (QED) is 0.519. The first-order valence-electron chi connectivity index (χ1n) is 7.68. The van der Waals surface area contributed by atoms with Crippen LogP contribution in [0.3, 0.4) is 0 Å². The summed E-state index contributed by atoms with van der Waals surface area (Å²) in [5.74, 6) is 0. The zero-order valence-electron chi connectivity index (χ0n) is 12.0. The average Bonchev–Trinajstić information content (AvgIpc) is 2.61. The first kappa shape index (κ1) is 15.9. The molecular weight excluding hydrogens is 226 g/mol. The Labute approximate surface area is 112 Å². The minimum atomic E-state index is -0.344. The standard InChI is InChI=1S/C15H31NO2/c1-2-3-10-18-12-14(17)11-15(13-16)8-6-4-5-7-9-15/h14,17H,2-13,16H2,1H3. The number of aliphatic hydroxyl groups excluding tert-OH is 1. The molecule has 0 radical (unpaired) electrons. The van der Waals surface area contributed by atoms with Crippen molar-refractivity contribution in [2.45, 2.75) is 70.8 Å². The molecule has 0 aromatic rings. The molecule has 0 bridgehead atoms. The van der Waals surface area contributed by atoms with Crippen LogP contribution in [0.25, 0.3) is 0 Å². The first-order chi connectivity index (χ1) is 8.72. The van der Waals surface area contributed by atoms with E-state index in [2.05, 4.69) is 6.92 Å². The summed E-state index contributed by atoms with van der Waals surface area (Å²) in [7, 11) is 0. The Hall–Kier alpha value is -0.120. The Balaban J connectivity index is 2.31. The van der Waals surface area contributed by atoms with Crippen molar-refractivity contribution in [3.63, 3.8) is 0 Å². The summed E-state index contributed by atoms with van der Waals surface area (Å²) in [6.07, 6.45) is 10.2. The van der Waals surface area contributed by atoms with Crippen LogP contribution in [0.15, 0.2) is 0 Å². The molecule has 108 valence electrons. The van der Waals surface area contributed by atoms with Crippen LogP contribution >= 0.6 is 0 Å². The molecule has 3 nitrogen and oxygen atoms in total. The first-order valence-corrected chi connectivity index (χ1v) is 7.68. The van der Waals surface area contributed by atoms with Gasteiger partial charge in [-0.2, -0.15) is 0 Å². The van der Waals surface area contributed by atoms with Crippen LogP contribution in [0.2, 0.25) is 0 Å². The highest BCUT2D eigenvalue weighted by molar-refractivity contribution is 4.85. The van der Waals surface area contributed by atoms with Gasteiger partial charge in [0.15, 0.2) is 0 Å². The van der Waals surface area contributed by atoms with E-state index < -0.39 is 0 Å². The van der Waals surface area contributed by atoms with Crippen molar-refractivity contribution >= 4 is 0 Å². The number of aliphatic hydroxyl groups is 1. The highest BCUT2D eigenvalue weighted by atomic mass is 16.5. The summed E-state index contributed by atoms with van der Waals surface area (Å²) < 4.78 is 5.51. The Morgan fingerprint density at radius 1 is 1.22 bits per heavy atom. The molecule has 1 atom stereocenters. The van der Waals surface area contributed by atoms with E-state index in [-0.39, 0.29) is 11.5 Å². The molecule has 3 heteroatoms. The normalized spacial score (nSPS) is 21.5. The molecule has 0 saturated heterocycles. The lowest BCUT2D eigenvalue weighted by Crippen LogP contribution is -2.35. The Morgan fingerprint density at radius 3 is 2.44 bits per heavy atom. The van der Waals surface area contributed by atoms with Crippen LogP contribution < -0.4 is 5.73 Å². The van der Waals surface area contributed by atoms with Crippen molar-refractivity contribution in [3.05, 3.63) is 0 Å². The fourth-order valence-corrected chi connectivity index (χ4v) is 2.99. The number of rotatable bonds is 8. The van der Waals surface area contributed by atoms with Crippen LogP contribution in [-0.2, 0) is 4.74 Å². The molecule has 1 saturated carbocycles. The van der Waals surface area contributed by atoms with E-state index in [1.54, 1.807) is 0 Å². The lowest BCUT2D eigenvalue weighted by atomic mass is 9.76. The van der Waals surface area contributed by atoms with E-state index in [1.165, 1.54) is 38.5 Å². The lowest BCUT2D eigenvalue weighted by molar-refractivity contribution is 0.00501. The number of hydrogen-bond acceptors (Lipinski definition) is 3. The largest absolute Gasteiger partial charge is 0.391 e. The molecular formula is C15H31NO2. The molecule has 1 aliphatic rings. The number of hydrogen-bond donors (Lipinski definition) is 2. The average molecular weight is 257 g/mol. The molecule has 0 amide bonds. The lowest BCUT2D eigenvalue weighted by Gasteiger charge is -2.33. The topological polar surface area (TPSA) is 55.5 Å². The van der Waals surface area contributed by atoms with Gasteiger partial charge >= 0.3 is 0 Å². The molecule has 3 N–H and O–H groups in total. The predicted molar refractivity (Wildman–Crippen MR) is 75.5 cm³/mol. The molecule has 18 heavy (non-hydrogen) atoms. The predicted octanol–water partition coefficient (Wildman–Crippen LogP) is 2.85. The van der Waals surface area contributed by atoms with Gasteiger partial charge in [0.1, 0.15) is 0 Å². The maximum Gasteiger partial charge on any atom is 0.0779 e. The third-order valence-corrected chi connectivity index (χ3v) is 4.22. The number of ether oxygens (including phenoxy) is 1.